The van der Waals surface area contributed by atoms with Crippen LogP contribution in [0.4, 0.5) is 4.39 Å². The van der Waals surface area contributed by atoms with E-state index in [2.05, 4.69) is 11.1 Å². The number of aromatic nitrogens is 2. The lowest BCUT2D eigenvalue weighted by Crippen LogP contribution is -2.35. The maximum absolute atomic E-state index is 14.8. The number of aliphatic hydroxyl groups is 1. The van der Waals surface area contributed by atoms with Crippen LogP contribution in [0.5, 0.6) is 11.5 Å². The Balaban J connectivity index is 1.35. The van der Waals surface area contributed by atoms with Crippen LogP contribution in [0.2, 0.25) is 0 Å². The smallest absolute Gasteiger partial charge is 0.330 e. The number of rotatable bonds is 9. The van der Waals surface area contributed by atoms with Crippen molar-refractivity contribution < 1.29 is 28.4 Å². The molecule has 0 aliphatic carbocycles. The summed E-state index contributed by atoms with van der Waals surface area (Å²) in [6.07, 6.45) is -4.65. The summed E-state index contributed by atoms with van der Waals surface area (Å²) in [7, 11) is 3.23. The Hall–Kier alpha value is -4.25. The molecule has 2 N–H and O–H groups in total. The third kappa shape index (κ3) is 5.69. The highest BCUT2D eigenvalue weighted by Crippen LogP contribution is 2.34. The average Bonchev–Trinajstić information content (AvgIpc) is 3.26. The third-order valence-corrected chi connectivity index (χ3v) is 6.89. The molecule has 10 heteroatoms. The van der Waals surface area contributed by atoms with Gasteiger partial charge in [-0.25, -0.2) is 9.18 Å². The molecule has 2 heterocycles. The van der Waals surface area contributed by atoms with Crippen LogP contribution in [0.3, 0.4) is 0 Å². The molecule has 0 saturated carbocycles. The van der Waals surface area contributed by atoms with Crippen LogP contribution in [-0.2, 0) is 16.1 Å². The van der Waals surface area contributed by atoms with Gasteiger partial charge in [-0.3, -0.25) is 14.3 Å². The van der Waals surface area contributed by atoms with Crippen molar-refractivity contribution in [3.8, 4) is 33.8 Å². The van der Waals surface area contributed by atoms with E-state index in [0.29, 0.717) is 0 Å². The van der Waals surface area contributed by atoms with Crippen molar-refractivity contribution in [2.24, 2.45) is 0 Å². The largest absolute Gasteiger partial charge is 0.497 e. The number of H-pyrrole nitrogens is 1. The number of hydrogen-bond acceptors (Lipinski definition) is 7. The molecule has 0 unspecified atom stereocenters. The molecule has 208 valence electrons. The van der Waals surface area contributed by atoms with E-state index >= 15 is 0 Å². The first-order valence-corrected chi connectivity index (χ1v) is 12.7. The van der Waals surface area contributed by atoms with Crippen molar-refractivity contribution in [3.05, 3.63) is 105 Å². The summed E-state index contributed by atoms with van der Waals surface area (Å²) in [5, 5.41) is 10.4. The molecule has 40 heavy (non-hydrogen) atoms. The first-order valence-electron chi connectivity index (χ1n) is 12.7. The number of nitrogens with one attached hydrogen (secondary N) is 1. The van der Waals surface area contributed by atoms with E-state index in [0.717, 1.165) is 56.1 Å². The van der Waals surface area contributed by atoms with Crippen LogP contribution in [0.15, 0.2) is 88.6 Å². The molecule has 0 bridgehead atoms. The Morgan fingerprint density at radius 2 is 1.52 bits per heavy atom. The lowest BCUT2D eigenvalue weighted by Gasteiger charge is -2.17. The second kappa shape index (κ2) is 11.9. The van der Waals surface area contributed by atoms with Crippen LogP contribution in [0.25, 0.3) is 22.3 Å². The Kier molecular flexibility index (Phi) is 8.11. The van der Waals surface area contributed by atoms with Crippen LogP contribution in [0, 0.1) is 0 Å². The molecular weight excluding hydrogens is 519 g/mol. The number of nitrogens with zero attached hydrogens (tertiary/aromatic N) is 1. The molecule has 4 atom stereocenters. The Morgan fingerprint density at radius 3 is 2.15 bits per heavy atom. The maximum Gasteiger partial charge on any atom is 0.330 e. The Labute approximate surface area is 229 Å². The van der Waals surface area contributed by atoms with E-state index in [-0.39, 0.29) is 13.2 Å². The third-order valence-electron chi connectivity index (χ3n) is 6.89. The van der Waals surface area contributed by atoms with Gasteiger partial charge in [0.25, 0.3) is 5.56 Å². The summed E-state index contributed by atoms with van der Waals surface area (Å²) in [6, 6.07) is 22.6. The molecule has 9 nitrogen and oxygen atoms in total. The predicted octanol–water partition coefficient (Wildman–Crippen LogP) is 3.70. The molecule has 4 aromatic rings. The summed E-state index contributed by atoms with van der Waals surface area (Å²) >= 11 is 0. The number of aliphatic hydroxyl groups excluding tert-OH is 1. The quantitative estimate of drug-likeness (QED) is 0.328. The molecule has 0 radical (unpaired) electrons. The van der Waals surface area contributed by atoms with Gasteiger partial charge in [-0.15, -0.1) is 0 Å². The summed E-state index contributed by atoms with van der Waals surface area (Å²) in [6.45, 7) is 0.0511. The molecule has 5 rings (SSSR count). The van der Waals surface area contributed by atoms with Gasteiger partial charge in [-0.2, -0.15) is 0 Å². The van der Waals surface area contributed by atoms with Crippen molar-refractivity contribution >= 4 is 0 Å². The van der Waals surface area contributed by atoms with Crippen molar-refractivity contribution in [2.75, 3.05) is 20.8 Å². The molecule has 1 aliphatic rings. The van der Waals surface area contributed by atoms with Gasteiger partial charge in [0.05, 0.1) is 27.4 Å². The fourth-order valence-electron chi connectivity index (χ4n) is 4.68. The molecule has 1 fully saturated rings. The fourth-order valence-corrected chi connectivity index (χ4v) is 4.68. The highest BCUT2D eigenvalue weighted by atomic mass is 19.1. The van der Waals surface area contributed by atoms with E-state index in [1.807, 2.05) is 60.7 Å². The maximum atomic E-state index is 14.8. The molecule has 0 spiro atoms. The molecular formula is C30H29FN2O7. The van der Waals surface area contributed by atoms with Crippen molar-refractivity contribution in [1.82, 2.24) is 9.55 Å². The Morgan fingerprint density at radius 1 is 0.900 bits per heavy atom. The normalized spacial score (nSPS) is 20.4. The standard InChI is InChI=1S/C30H29FN2O7/c1-37-22-9-5-18(6-10-22)20-3-4-21(24(15-20)19-7-11-23(38-2)12-8-19)16-39-17-25-28(35)27(31)29(40-25)33-14-13-26(34)32-30(33)36/h3-15,25,27-29,35H,16-17H2,1-2H3,(H,32,34,36)/t25-,27-,28-,29-/m1/s1. The van der Waals surface area contributed by atoms with Crippen LogP contribution >= 0.6 is 0 Å². The topological polar surface area (TPSA) is 112 Å². The lowest BCUT2D eigenvalue weighted by molar-refractivity contribution is -0.0683. The number of benzene rings is 3. The summed E-state index contributed by atoms with van der Waals surface area (Å²) < 4.78 is 37.9. The van der Waals surface area contributed by atoms with E-state index in [9.17, 15) is 19.1 Å². The van der Waals surface area contributed by atoms with Crippen molar-refractivity contribution in [3.63, 3.8) is 0 Å². The SMILES string of the molecule is COc1ccc(-c2ccc(COC[C@H]3O[C@@H](n4ccc(=O)[nH]c4=O)[C@H](F)[C@@H]3O)c(-c3ccc(OC)cc3)c2)cc1. The zero-order chi connectivity index (χ0) is 28.2. The number of alkyl halides is 1. The first kappa shape index (κ1) is 27.3. The molecule has 1 aromatic heterocycles. The number of halogens is 1. The lowest BCUT2D eigenvalue weighted by atomic mass is 9.94. The second-order valence-corrected chi connectivity index (χ2v) is 9.36. The van der Waals surface area contributed by atoms with Gasteiger partial charge in [-0.1, -0.05) is 36.4 Å². The van der Waals surface area contributed by atoms with Gasteiger partial charge < -0.3 is 24.1 Å². The summed E-state index contributed by atoms with van der Waals surface area (Å²) in [4.78, 5) is 25.5. The minimum atomic E-state index is -1.88. The highest BCUT2D eigenvalue weighted by Gasteiger charge is 2.45. The number of methoxy groups -OCH3 is 2. The second-order valence-electron chi connectivity index (χ2n) is 9.36. The fraction of sp³-hybridized carbons (Fsp3) is 0.267. The van der Waals surface area contributed by atoms with E-state index in [4.69, 9.17) is 18.9 Å². The van der Waals surface area contributed by atoms with Crippen molar-refractivity contribution in [1.29, 1.82) is 0 Å². The average molecular weight is 549 g/mol. The van der Waals surface area contributed by atoms with Gasteiger partial charge in [0.15, 0.2) is 12.4 Å². The van der Waals surface area contributed by atoms with Crippen LogP contribution in [-0.4, -0.2) is 53.9 Å². The number of aromatic amines is 1. The summed E-state index contributed by atoms with van der Waals surface area (Å²) in [5.41, 5.74) is 3.35. The van der Waals surface area contributed by atoms with Crippen LogP contribution < -0.4 is 20.7 Å². The van der Waals surface area contributed by atoms with Crippen LogP contribution in [0.1, 0.15) is 11.8 Å². The van der Waals surface area contributed by atoms with E-state index in [1.54, 1.807) is 14.2 Å². The minimum Gasteiger partial charge on any atom is -0.497 e. The van der Waals surface area contributed by atoms with Gasteiger partial charge in [0, 0.05) is 12.3 Å². The highest BCUT2D eigenvalue weighted by molar-refractivity contribution is 5.76. The number of hydrogen-bond donors (Lipinski definition) is 2. The zero-order valence-electron chi connectivity index (χ0n) is 22.0. The van der Waals surface area contributed by atoms with Gasteiger partial charge in [0.2, 0.25) is 0 Å². The zero-order valence-corrected chi connectivity index (χ0v) is 22.0. The Bertz CT molecular complexity index is 1570. The molecule has 1 saturated heterocycles. The van der Waals surface area contributed by atoms with Gasteiger partial charge >= 0.3 is 5.69 Å². The predicted molar refractivity (Wildman–Crippen MR) is 146 cm³/mol. The van der Waals surface area contributed by atoms with E-state index in [1.165, 1.54) is 0 Å². The summed E-state index contributed by atoms with van der Waals surface area (Å²) in [5.74, 6) is 1.50. The minimum absolute atomic E-state index is 0.113. The molecule has 3 aromatic carbocycles. The van der Waals surface area contributed by atoms with Gasteiger partial charge in [-0.05, 0) is 58.1 Å². The molecule has 0 amide bonds. The number of ether oxygens (including phenoxy) is 4. The molecule has 1 aliphatic heterocycles. The van der Waals surface area contributed by atoms with E-state index < -0.39 is 35.9 Å². The van der Waals surface area contributed by atoms with Gasteiger partial charge in [0.1, 0.15) is 23.7 Å². The van der Waals surface area contributed by atoms with Crippen molar-refractivity contribution in [2.45, 2.75) is 31.2 Å². The monoisotopic (exact) mass is 548 g/mol. The first-order chi connectivity index (χ1) is 19.4.